The monoisotopic (exact) mass is 314 g/mol. The molecule has 0 fully saturated rings. The summed E-state index contributed by atoms with van der Waals surface area (Å²) in [6.45, 7) is 6.07. The molecule has 0 unspecified atom stereocenters. The highest BCUT2D eigenvalue weighted by molar-refractivity contribution is 7.15. The van der Waals surface area contributed by atoms with E-state index in [2.05, 4.69) is 19.2 Å². The van der Waals surface area contributed by atoms with Crippen molar-refractivity contribution in [3.8, 4) is 10.6 Å². The molecule has 102 valence electrons. The van der Waals surface area contributed by atoms with Gasteiger partial charge >= 0.3 is 0 Å². The van der Waals surface area contributed by atoms with Crippen molar-refractivity contribution in [3.05, 3.63) is 38.8 Å². The number of nitrogens with one attached hydrogen (secondary N) is 1. The van der Waals surface area contributed by atoms with Gasteiger partial charge in [-0.05, 0) is 25.1 Å². The first-order valence-corrected chi connectivity index (χ1v) is 7.87. The van der Waals surface area contributed by atoms with Gasteiger partial charge in [0.2, 0.25) is 0 Å². The number of hydrogen-bond donors (Lipinski definition) is 1. The summed E-state index contributed by atoms with van der Waals surface area (Å²) in [5.74, 6) is 0. The van der Waals surface area contributed by atoms with E-state index in [1.807, 2.05) is 18.2 Å². The van der Waals surface area contributed by atoms with Gasteiger partial charge in [0.05, 0.1) is 15.7 Å². The molecule has 0 saturated heterocycles. The van der Waals surface area contributed by atoms with Gasteiger partial charge < -0.3 is 5.32 Å². The highest BCUT2D eigenvalue weighted by atomic mass is 35.5. The lowest BCUT2D eigenvalue weighted by Gasteiger charge is -1.99. The molecule has 1 aromatic heterocycles. The van der Waals surface area contributed by atoms with Crippen molar-refractivity contribution < 1.29 is 0 Å². The fourth-order valence-corrected chi connectivity index (χ4v) is 3.20. The van der Waals surface area contributed by atoms with Crippen LogP contribution in [0.25, 0.3) is 10.6 Å². The minimum atomic E-state index is 0.570. The summed E-state index contributed by atoms with van der Waals surface area (Å²) >= 11 is 13.7. The zero-order valence-corrected chi connectivity index (χ0v) is 13.3. The van der Waals surface area contributed by atoms with Crippen molar-refractivity contribution in [3.63, 3.8) is 0 Å². The maximum absolute atomic E-state index is 6.06. The van der Waals surface area contributed by atoms with Crippen LogP contribution in [0.1, 0.15) is 24.4 Å². The van der Waals surface area contributed by atoms with Crippen LogP contribution in [0.4, 0.5) is 0 Å². The Labute approximate surface area is 127 Å². The van der Waals surface area contributed by atoms with Gasteiger partial charge in [0.15, 0.2) is 0 Å². The van der Waals surface area contributed by atoms with E-state index < -0.39 is 0 Å². The smallest absolute Gasteiger partial charge is 0.123 e. The number of rotatable bonds is 5. The van der Waals surface area contributed by atoms with Gasteiger partial charge in [0.1, 0.15) is 5.01 Å². The average Bonchev–Trinajstić information content (AvgIpc) is 2.82. The van der Waals surface area contributed by atoms with Crippen molar-refractivity contribution in [1.82, 2.24) is 10.3 Å². The summed E-state index contributed by atoms with van der Waals surface area (Å²) in [6, 6.07) is 5.65. The second-order valence-corrected chi connectivity index (χ2v) is 6.05. The van der Waals surface area contributed by atoms with Crippen LogP contribution in [0.2, 0.25) is 10.0 Å². The Morgan fingerprint density at radius 3 is 2.63 bits per heavy atom. The van der Waals surface area contributed by atoms with E-state index in [1.54, 1.807) is 11.3 Å². The second-order valence-electron chi connectivity index (χ2n) is 4.15. The Morgan fingerprint density at radius 2 is 2.00 bits per heavy atom. The van der Waals surface area contributed by atoms with Gasteiger partial charge in [0.25, 0.3) is 0 Å². The van der Waals surface area contributed by atoms with Gasteiger partial charge in [-0.3, -0.25) is 0 Å². The quantitative estimate of drug-likeness (QED) is 0.858. The van der Waals surface area contributed by atoms with Gasteiger partial charge in [-0.15, -0.1) is 11.3 Å². The Balaban J connectivity index is 2.33. The average molecular weight is 315 g/mol. The van der Waals surface area contributed by atoms with Crippen LogP contribution in [-0.4, -0.2) is 11.5 Å². The molecule has 0 amide bonds. The van der Waals surface area contributed by atoms with E-state index in [9.17, 15) is 0 Å². The number of aryl methyl sites for hydroxylation is 1. The molecule has 0 bridgehead atoms. The molecule has 2 aromatic rings. The largest absolute Gasteiger partial charge is 0.312 e. The Hall–Kier alpha value is -0.610. The molecule has 1 aromatic carbocycles. The van der Waals surface area contributed by atoms with Crippen LogP contribution >= 0.6 is 34.5 Å². The normalized spacial score (nSPS) is 10.9. The van der Waals surface area contributed by atoms with Crippen LogP contribution in [0.5, 0.6) is 0 Å². The van der Waals surface area contributed by atoms with E-state index in [-0.39, 0.29) is 0 Å². The van der Waals surface area contributed by atoms with Gasteiger partial charge in [0, 0.05) is 17.0 Å². The maximum atomic E-state index is 6.06. The molecule has 0 spiro atoms. The maximum Gasteiger partial charge on any atom is 0.123 e. The van der Waals surface area contributed by atoms with Gasteiger partial charge in [-0.25, -0.2) is 4.98 Å². The minimum absolute atomic E-state index is 0.570. The van der Waals surface area contributed by atoms with Crippen molar-refractivity contribution in [2.45, 2.75) is 26.8 Å². The molecule has 5 heteroatoms. The van der Waals surface area contributed by atoms with Crippen LogP contribution in [0.15, 0.2) is 18.2 Å². The SMILES string of the molecule is CCNCc1sc(-c2ccc(Cl)c(Cl)c2)nc1CC. The minimum Gasteiger partial charge on any atom is -0.312 e. The molecule has 2 nitrogen and oxygen atoms in total. The zero-order chi connectivity index (χ0) is 13.8. The molecule has 0 aliphatic heterocycles. The van der Waals surface area contributed by atoms with E-state index in [4.69, 9.17) is 28.2 Å². The predicted octanol–water partition coefficient (Wildman–Crippen LogP) is 4.79. The van der Waals surface area contributed by atoms with Crippen LogP contribution in [-0.2, 0) is 13.0 Å². The van der Waals surface area contributed by atoms with E-state index in [0.29, 0.717) is 10.0 Å². The van der Waals surface area contributed by atoms with Crippen LogP contribution < -0.4 is 5.32 Å². The van der Waals surface area contributed by atoms with Crippen LogP contribution in [0, 0.1) is 0 Å². The highest BCUT2D eigenvalue weighted by Gasteiger charge is 2.11. The molecule has 0 radical (unpaired) electrons. The molecule has 19 heavy (non-hydrogen) atoms. The lowest BCUT2D eigenvalue weighted by Crippen LogP contribution is -2.11. The Morgan fingerprint density at radius 1 is 1.21 bits per heavy atom. The highest BCUT2D eigenvalue weighted by Crippen LogP contribution is 2.32. The number of hydrogen-bond acceptors (Lipinski definition) is 3. The summed E-state index contributed by atoms with van der Waals surface area (Å²) in [4.78, 5) is 6.00. The number of thiazole rings is 1. The Bertz CT molecular complexity index is 567. The molecular formula is C14H16Cl2N2S. The number of halogens is 2. The predicted molar refractivity (Wildman–Crippen MR) is 84.3 cm³/mol. The second kappa shape index (κ2) is 6.71. The van der Waals surface area contributed by atoms with Crippen molar-refractivity contribution >= 4 is 34.5 Å². The molecule has 0 saturated carbocycles. The van der Waals surface area contributed by atoms with Crippen LogP contribution in [0.3, 0.4) is 0 Å². The topological polar surface area (TPSA) is 24.9 Å². The summed E-state index contributed by atoms with van der Waals surface area (Å²) in [5.41, 5.74) is 2.18. The first kappa shape index (κ1) is 14.8. The third-order valence-corrected chi connectivity index (χ3v) is 4.70. The third kappa shape index (κ3) is 3.48. The molecular weight excluding hydrogens is 299 g/mol. The lowest BCUT2D eigenvalue weighted by molar-refractivity contribution is 0.727. The first-order chi connectivity index (χ1) is 9.15. The van der Waals surface area contributed by atoms with Gasteiger partial charge in [-0.2, -0.15) is 0 Å². The van der Waals surface area contributed by atoms with E-state index >= 15 is 0 Å². The summed E-state index contributed by atoms with van der Waals surface area (Å²) in [5, 5.41) is 5.50. The molecule has 1 heterocycles. The van der Waals surface area contributed by atoms with E-state index in [0.717, 1.165) is 35.8 Å². The molecule has 0 aliphatic carbocycles. The molecule has 2 rings (SSSR count). The van der Waals surface area contributed by atoms with E-state index in [1.165, 1.54) is 4.88 Å². The summed E-state index contributed by atoms with van der Waals surface area (Å²) < 4.78 is 0. The molecule has 0 aliphatic rings. The van der Waals surface area contributed by atoms with Crippen molar-refractivity contribution in [2.24, 2.45) is 0 Å². The summed E-state index contributed by atoms with van der Waals surface area (Å²) in [6.07, 6.45) is 0.943. The molecule has 0 atom stereocenters. The van der Waals surface area contributed by atoms with Gasteiger partial charge in [-0.1, -0.05) is 43.1 Å². The fourth-order valence-electron chi connectivity index (χ4n) is 1.79. The lowest BCUT2D eigenvalue weighted by atomic mass is 10.2. The number of aromatic nitrogens is 1. The molecule has 1 N–H and O–H groups in total. The Kier molecular flexibility index (Phi) is 5.22. The number of benzene rings is 1. The van der Waals surface area contributed by atoms with Crippen molar-refractivity contribution in [1.29, 1.82) is 0 Å². The standard InChI is InChI=1S/C14H16Cl2N2S/c1-3-12-13(8-17-4-2)19-14(18-12)9-5-6-10(15)11(16)7-9/h5-7,17H,3-4,8H2,1-2H3. The first-order valence-electron chi connectivity index (χ1n) is 6.30. The summed E-state index contributed by atoms with van der Waals surface area (Å²) in [7, 11) is 0. The fraction of sp³-hybridized carbons (Fsp3) is 0.357. The zero-order valence-electron chi connectivity index (χ0n) is 11.0. The number of nitrogens with zero attached hydrogens (tertiary/aromatic N) is 1. The third-order valence-electron chi connectivity index (χ3n) is 2.82. The van der Waals surface area contributed by atoms with Crippen molar-refractivity contribution in [2.75, 3.05) is 6.54 Å².